The zero-order valence-corrected chi connectivity index (χ0v) is 18.5. The summed E-state index contributed by atoms with van der Waals surface area (Å²) in [4.78, 5) is 12.5. The zero-order chi connectivity index (χ0) is 22.8. The van der Waals surface area contributed by atoms with Crippen LogP contribution in [0.4, 0.5) is 5.69 Å². The number of phenols is 2. The molecular formula is C23H26N2O5S. The first-order valence-corrected chi connectivity index (χ1v) is 11.4. The van der Waals surface area contributed by atoms with Crippen LogP contribution in [0.1, 0.15) is 42.6 Å². The smallest absolute Gasteiger partial charge is 0.261 e. The highest BCUT2D eigenvalue weighted by molar-refractivity contribution is 7.89. The summed E-state index contributed by atoms with van der Waals surface area (Å²) in [5, 5.41) is 22.3. The molecule has 1 aliphatic carbocycles. The van der Waals surface area contributed by atoms with Crippen molar-refractivity contribution in [1.82, 2.24) is 4.72 Å². The van der Waals surface area contributed by atoms with Crippen LogP contribution in [0.25, 0.3) is 0 Å². The predicted molar refractivity (Wildman–Crippen MR) is 119 cm³/mol. The Bertz CT molecular complexity index is 1160. The van der Waals surface area contributed by atoms with Gasteiger partial charge >= 0.3 is 0 Å². The van der Waals surface area contributed by atoms with E-state index < -0.39 is 15.9 Å². The maximum atomic E-state index is 12.7. The van der Waals surface area contributed by atoms with E-state index in [1.165, 1.54) is 48.9 Å². The number of hydrogen-bond donors (Lipinski definition) is 4. The van der Waals surface area contributed by atoms with E-state index in [0.29, 0.717) is 17.3 Å². The van der Waals surface area contributed by atoms with Crippen molar-refractivity contribution >= 4 is 21.6 Å². The van der Waals surface area contributed by atoms with Gasteiger partial charge in [-0.3, -0.25) is 9.52 Å². The minimum absolute atomic E-state index is 0.00523. The fourth-order valence-electron chi connectivity index (χ4n) is 3.25. The lowest BCUT2D eigenvalue weighted by Gasteiger charge is -2.18. The van der Waals surface area contributed by atoms with Crippen molar-refractivity contribution in [3.05, 3.63) is 70.9 Å². The van der Waals surface area contributed by atoms with Crippen LogP contribution in [0.5, 0.6) is 11.5 Å². The average Bonchev–Trinajstić information content (AvgIpc) is 2.72. The number of benzene rings is 2. The van der Waals surface area contributed by atoms with Crippen molar-refractivity contribution in [2.75, 3.05) is 5.32 Å². The van der Waals surface area contributed by atoms with Crippen LogP contribution in [0.3, 0.4) is 0 Å². The maximum absolute atomic E-state index is 12.7. The second kappa shape index (κ2) is 8.85. The van der Waals surface area contributed by atoms with Gasteiger partial charge in [-0.2, -0.15) is 0 Å². The number of carbonyl (C=O) groups is 1. The fraction of sp³-hybridized carbons (Fsp3) is 0.261. The lowest BCUT2D eigenvalue weighted by Crippen LogP contribution is -2.23. The van der Waals surface area contributed by atoms with E-state index in [9.17, 15) is 23.4 Å². The van der Waals surface area contributed by atoms with Gasteiger partial charge in [-0.25, -0.2) is 8.42 Å². The third-order valence-electron chi connectivity index (χ3n) is 5.20. The van der Waals surface area contributed by atoms with Crippen LogP contribution in [0.2, 0.25) is 0 Å². The van der Waals surface area contributed by atoms with Crippen molar-refractivity contribution in [3.8, 4) is 11.5 Å². The zero-order valence-electron chi connectivity index (χ0n) is 17.6. The number of nitrogens with one attached hydrogen (secondary N) is 2. The molecule has 0 heterocycles. The average molecular weight is 443 g/mol. The number of amides is 1. The molecule has 0 saturated carbocycles. The predicted octanol–water partition coefficient (Wildman–Crippen LogP) is 4.20. The lowest BCUT2D eigenvalue weighted by atomic mass is 9.94. The molecule has 164 valence electrons. The number of rotatable bonds is 6. The summed E-state index contributed by atoms with van der Waals surface area (Å²) < 4.78 is 28.1. The van der Waals surface area contributed by atoms with Crippen molar-refractivity contribution in [2.24, 2.45) is 5.92 Å². The van der Waals surface area contributed by atoms with Gasteiger partial charge in [0.05, 0.1) is 10.5 Å². The minimum Gasteiger partial charge on any atom is -0.508 e. The number of carbonyl (C=O) groups excluding carboxylic acids is 1. The number of allylic oxidation sites excluding steroid dienone is 3. The number of anilines is 1. The summed E-state index contributed by atoms with van der Waals surface area (Å²) in [6.45, 7) is 5.65. The second-order valence-corrected chi connectivity index (χ2v) is 9.44. The van der Waals surface area contributed by atoms with Crippen molar-refractivity contribution in [2.45, 2.75) is 38.5 Å². The van der Waals surface area contributed by atoms with E-state index in [0.717, 1.165) is 12.8 Å². The Kier molecular flexibility index (Phi) is 6.40. The molecule has 0 radical (unpaired) electrons. The van der Waals surface area contributed by atoms with E-state index >= 15 is 0 Å². The highest BCUT2D eigenvalue weighted by Crippen LogP contribution is 2.30. The third kappa shape index (κ3) is 5.08. The molecule has 0 bridgehead atoms. The number of aromatic hydroxyl groups is 2. The van der Waals surface area contributed by atoms with Gasteiger partial charge in [0.25, 0.3) is 15.9 Å². The topological polar surface area (TPSA) is 116 Å². The number of phenolic OH excluding ortho intramolecular Hbond substituents is 2. The Balaban J connectivity index is 1.73. The number of hydrogen-bond acceptors (Lipinski definition) is 5. The minimum atomic E-state index is -3.77. The summed E-state index contributed by atoms with van der Waals surface area (Å²) in [6.07, 6.45) is 5.46. The first-order valence-electron chi connectivity index (χ1n) is 9.95. The third-order valence-corrected chi connectivity index (χ3v) is 6.60. The molecule has 2 aromatic rings. The van der Waals surface area contributed by atoms with Crippen LogP contribution in [0, 0.1) is 12.8 Å². The maximum Gasteiger partial charge on any atom is 0.261 e. The van der Waals surface area contributed by atoms with E-state index in [-0.39, 0.29) is 27.5 Å². The molecule has 0 aliphatic heterocycles. The first-order chi connectivity index (χ1) is 14.6. The molecule has 7 nitrogen and oxygen atoms in total. The summed E-state index contributed by atoms with van der Waals surface area (Å²) in [5.74, 6) is -0.643. The Morgan fingerprint density at radius 3 is 2.39 bits per heavy atom. The van der Waals surface area contributed by atoms with Gasteiger partial charge in [0.2, 0.25) is 0 Å². The monoisotopic (exact) mass is 442 g/mol. The molecular weight excluding hydrogens is 416 g/mol. The SMILES string of the molecule is Cc1c(O)ccc(C(=O)Nc2ccc(S(=O)(=O)NC3=CCCC(C(C)C)=C3)cc2)c1O. The molecule has 0 atom stereocenters. The summed E-state index contributed by atoms with van der Waals surface area (Å²) >= 11 is 0. The molecule has 0 saturated heterocycles. The van der Waals surface area contributed by atoms with E-state index in [4.69, 9.17) is 0 Å². The van der Waals surface area contributed by atoms with Gasteiger partial charge in [0.1, 0.15) is 11.5 Å². The molecule has 31 heavy (non-hydrogen) atoms. The summed E-state index contributed by atoms with van der Waals surface area (Å²) in [6, 6.07) is 8.38. The van der Waals surface area contributed by atoms with Crippen LogP contribution >= 0.6 is 0 Å². The standard InChI is InChI=1S/C23H26N2O5S/c1-14(2)16-5-4-6-18(13-16)25-31(29,30)19-9-7-17(8-10-19)24-23(28)20-11-12-21(26)15(3)22(20)27/h6-14,25-27H,4-5H2,1-3H3,(H,24,28). The Labute approximate surface area is 182 Å². The molecule has 8 heteroatoms. The summed E-state index contributed by atoms with van der Waals surface area (Å²) in [5.41, 5.74) is 2.34. The van der Waals surface area contributed by atoms with Crippen molar-refractivity contribution < 1.29 is 23.4 Å². The van der Waals surface area contributed by atoms with Crippen LogP contribution in [-0.2, 0) is 10.0 Å². The van der Waals surface area contributed by atoms with Crippen LogP contribution < -0.4 is 10.0 Å². The lowest BCUT2D eigenvalue weighted by molar-refractivity contribution is 0.102. The molecule has 0 fully saturated rings. The molecule has 1 amide bonds. The van der Waals surface area contributed by atoms with Gasteiger partial charge in [-0.15, -0.1) is 0 Å². The highest BCUT2D eigenvalue weighted by atomic mass is 32.2. The Morgan fingerprint density at radius 1 is 1.06 bits per heavy atom. The molecule has 1 aliphatic rings. The normalized spacial score (nSPS) is 14.1. The second-order valence-electron chi connectivity index (χ2n) is 7.76. The Hall–Kier alpha value is -3.26. The van der Waals surface area contributed by atoms with Crippen LogP contribution in [0.15, 0.2) is 64.7 Å². The van der Waals surface area contributed by atoms with Gasteiger partial charge in [0.15, 0.2) is 0 Å². The quantitative estimate of drug-likeness (QED) is 0.535. The van der Waals surface area contributed by atoms with E-state index in [1.54, 1.807) is 0 Å². The largest absolute Gasteiger partial charge is 0.508 e. The molecule has 0 spiro atoms. The fourth-order valence-corrected chi connectivity index (χ4v) is 4.32. The Morgan fingerprint density at radius 2 is 1.74 bits per heavy atom. The summed E-state index contributed by atoms with van der Waals surface area (Å²) in [7, 11) is -3.77. The first kappa shape index (κ1) is 22.4. The highest BCUT2D eigenvalue weighted by Gasteiger charge is 2.19. The van der Waals surface area contributed by atoms with Crippen molar-refractivity contribution in [3.63, 3.8) is 0 Å². The molecule has 0 aromatic heterocycles. The van der Waals surface area contributed by atoms with Gasteiger partial charge in [0, 0.05) is 16.9 Å². The van der Waals surface area contributed by atoms with Gasteiger partial charge < -0.3 is 15.5 Å². The van der Waals surface area contributed by atoms with Gasteiger partial charge in [-0.1, -0.05) is 25.5 Å². The van der Waals surface area contributed by atoms with E-state index in [1.807, 2.05) is 12.2 Å². The molecule has 4 N–H and O–H groups in total. The molecule has 3 rings (SSSR count). The van der Waals surface area contributed by atoms with Crippen molar-refractivity contribution in [1.29, 1.82) is 0 Å². The van der Waals surface area contributed by atoms with E-state index in [2.05, 4.69) is 23.9 Å². The molecule has 0 unspecified atom stereocenters. The van der Waals surface area contributed by atoms with Crippen LogP contribution in [-0.4, -0.2) is 24.5 Å². The number of sulfonamides is 1. The molecule has 2 aromatic carbocycles. The van der Waals surface area contributed by atoms with Gasteiger partial charge in [-0.05, 0) is 68.2 Å².